The molecule has 0 atom stereocenters. The molecule has 0 aliphatic carbocycles. The van der Waals surface area contributed by atoms with E-state index < -0.39 is 17.5 Å². The van der Waals surface area contributed by atoms with Gasteiger partial charge in [-0.1, -0.05) is 17.7 Å². The fraction of sp³-hybridized carbons (Fsp3) is 0.182. The van der Waals surface area contributed by atoms with Crippen LogP contribution in [0.2, 0.25) is 5.02 Å². The van der Waals surface area contributed by atoms with Crippen LogP contribution in [0.3, 0.4) is 0 Å². The molecule has 0 spiro atoms. The van der Waals surface area contributed by atoms with E-state index in [1.807, 2.05) is 11.4 Å². The second-order valence-electron chi connectivity index (χ2n) is 7.02. The van der Waals surface area contributed by atoms with E-state index in [2.05, 4.69) is 5.32 Å². The predicted octanol–water partition coefficient (Wildman–Crippen LogP) is 5.44. The average Bonchev–Trinajstić information content (AvgIpc) is 3.19. The lowest BCUT2D eigenvalue weighted by Crippen LogP contribution is -2.35. The quantitative estimate of drug-likeness (QED) is 0.545. The summed E-state index contributed by atoms with van der Waals surface area (Å²) in [5, 5.41) is 4.48. The molecule has 3 aromatic rings. The standard InChI is InChI=1S/C22H17ClF2N2O2S/c1-12-14(22(29)27-7-5-20-13(11-27)6-8-30-20)3-2-4-19(12)26-21(28)15-9-17(24)18(25)10-16(15)23/h2-4,6,8-10H,5,7,11H2,1H3,(H,26,28). The lowest BCUT2D eigenvalue weighted by Gasteiger charge is -2.28. The van der Waals surface area contributed by atoms with E-state index in [0.717, 1.165) is 24.1 Å². The number of anilines is 1. The van der Waals surface area contributed by atoms with Crippen molar-refractivity contribution in [1.29, 1.82) is 0 Å². The highest BCUT2D eigenvalue weighted by Crippen LogP contribution is 2.28. The molecule has 30 heavy (non-hydrogen) atoms. The molecule has 0 saturated heterocycles. The second kappa shape index (κ2) is 8.16. The van der Waals surface area contributed by atoms with Crippen LogP contribution in [0.1, 0.15) is 36.7 Å². The van der Waals surface area contributed by atoms with Gasteiger partial charge in [0.2, 0.25) is 0 Å². The van der Waals surface area contributed by atoms with Gasteiger partial charge in [0.1, 0.15) is 0 Å². The van der Waals surface area contributed by atoms with Crippen LogP contribution < -0.4 is 5.32 Å². The van der Waals surface area contributed by atoms with E-state index in [0.29, 0.717) is 29.9 Å². The zero-order chi connectivity index (χ0) is 21.4. The third-order valence-electron chi connectivity index (χ3n) is 5.16. The Kier molecular flexibility index (Phi) is 5.58. The first-order valence-electron chi connectivity index (χ1n) is 9.25. The Morgan fingerprint density at radius 2 is 1.90 bits per heavy atom. The van der Waals surface area contributed by atoms with Gasteiger partial charge in [0, 0.05) is 29.2 Å². The molecule has 2 aromatic carbocycles. The van der Waals surface area contributed by atoms with Crippen LogP contribution in [-0.4, -0.2) is 23.3 Å². The predicted molar refractivity (Wildman–Crippen MR) is 113 cm³/mol. The molecule has 4 nitrogen and oxygen atoms in total. The number of carbonyl (C=O) groups is 2. The van der Waals surface area contributed by atoms with Crippen LogP contribution in [0.15, 0.2) is 41.8 Å². The maximum Gasteiger partial charge on any atom is 0.257 e. The van der Waals surface area contributed by atoms with Crippen LogP contribution in [-0.2, 0) is 13.0 Å². The number of fused-ring (bicyclic) bond motifs is 1. The van der Waals surface area contributed by atoms with E-state index in [-0.39, 0.29) is 16.5 Å². The summed E-state index contributed by atoms with van der Waals surface area (Å²) < 4.78 is 26.8. The number of thiophene rings is 1. The van der Waals surface area contributed by atoms with Crippen LogP contribution in [0.4, 0.5) is 14.5 Å². The second-order valence-corrected chi connectivity index (χ2v) is 8.43. The smallest absolute Gasteiger partial charge is 0.257 e. The highest BCUT2D eigenvalue weighted by molar-refractivity contribution is 7.10. The molecule has 4 rings (SSSR count). The van der Waals surface area contributed by atoms with Gasteiger partial charge in [-0.3, -0.25) is 9.59 Å². The molecule has 1 aliphatic rings. The normalized spacial score (nSPS) is 13.1. The van der Waals surface area contributed by atoms with E-state index in [9.17, 15) is 18.4 Å². The summed E-state index contributed by atoms with van der Waals surface area (Å²) in [6, 6.07) is 8.57. The topological polar surface area (TPSA) is 49.4 Å². The molecule has 0 saturated carbocycles. The maximum atomic E-state index is 13.5. The van der Waals surface area contributed by atoms with Crippen molar-refractivity contribution in [2.45, 2.75) is 19.9 Å². The van der Waals surface area contributed by atoms with E-state index in [1.165, 1.54) is 4.88 Å². The average molecular weight is 447 g/mol. The first-order valence-corrected chi connectivity index (χ1v) is 10.5. The van der Waals surface area contributed by atoms with Gasteiger partial charge in [0.25, 0.3) is 11.8 Å². The number of rotatable bonds is 3. The highest BCUT2D eigenvalue weighted by Gasteiger charge is 2.24. The largest absolute Gasteiger partial charge is 0.334 e. The van der Waals surface area contributed by atoms with Gasteiger partial charge in [-0.2, -0.15) is 0 Å². The molecule has 0 fully saturated rings. The van der Waals surface area contributed by atoms with Gasteiger partial charge >= 0.3 is 0 Å². The summed E-state index contributed by atoms with van der Waals surface area (Å²) in [6.45, 7) is 2.92. The van der Waals surface area contributed by atoms with Crippen LogP contribution in [0.5, 0.6) is 0 Å². The van der Waals surface area contributed by atoms with E-state index >= 15 is 0 Å². The summed E-state index contributed by atoms with van der Waals surface area (Å²) in [6.07, 6.45) is 0.822. The molecule has 1 aliphatic heterocycles. The summed E-state index contributed by atoms with van der Waals surface area (Å²) in [4.78, 5) is 28.8. The number of amides is 2. The number of halogens is 3. The fourth-order valence-electron chi connectivity index (χ4n) is 3.48. The minimum atomic E-state index is -1.16. The van der Waals surface area contributed by atoms with Gasteiger partial charge in [0.15, 0.2) is 11.6 Å². The lowest BCUT2D eigenvalue weighted by molar-refractivity contribution is 0.0735. The first kappa shape index (κ1) is 20.5. The number of nitrogens with zero attached hydrogens (tertiary/aromatic N) is 1. The molecule has 8 heteroatoms. The molecule has 154 valence electrons. The van der Waals surface area contributed by atoms with Gasteiger partial charge in [-0.25, -0.2) is 8.78 Å². The number of hydrogen-bond donors (Lipinski definition) is 1. The summed E-state index contributed by atoms with van der Waals surface area (Å²) in [7, 11) is 0. The summed E-state index contributed by atoms with van der Waals surface area (Å²) in [5.41, 5.74) is 2.44. The van der Waals surface area contributed by atoms with Gasteiger partial charge in [-0.15, -0.1) is 11.3 Å². The van der Waals surface area contributed by atoms with E-state index in [1.54, 1.807) is 41.4 Å². The molecule has 2 amide bonds. The molecule has 0 bridgehead atoms. The van der Waals surface area contributed by atoms with Crippen molar-refractivity contribution in [3.05, 3.63) is 85.6 Å². The third kappa shape index (κ3) is 3.82. The van der Waals surface area contributed by atoms with Crippen molar-refractivity contribution in [3.8, 4) is 0 Å². The molecular formula is C22H17ClF2N2O2S. The number of nitrogens with one attached hydrogen (secondary N) is 1. The van der Waals surface area contributed by atoms with Crippen molar-refractivity contribution < 1.29 is 18.4 Å². The molecule has 0 unspecified atom stereocenters. The lowest BCUT2D eigenvalue weighted by atomic mass is 10.0. The Bertz CT molecular complexity index is 1160. The summed E-state index contributed by atoms with van der Waals surface area (Å²) >= 11 is 7.59. The van der Waals surface area contributed by atoms with Gasteiger partial charge in [0.05, 0.1) is 10.6 Å². The van der Waals surface area contributed by atoms with Crippen molar-refractivity contribution in [3.63, 3.8) is 0 Å². The minimum absolute atomic E-state index is 0.119. The SMILES string of the molecule is Cc1c(NC(=O)c2cc(F)c(F)cc2Cl)cccc1C(=O)N1CCc2sccc2C1. The van der Waals surface area contributed by atoms with Crippen molar-refractivity contribution in [1.82, 2.24) is 4.90 Å². The Hall–Kier alpha value is -2.77. The molecule has 1 aromatic heterocycles. The van der Waals surface area contributed by atoms with Crippen LogP contribution in [0, 0.1) is 18.6 Å². The zero-order valence-corrected chi connectivity index (χ0v) is 17.5. The van der Waals surface area contributed by atoms with Crippen molar-refractivity contribution in [2.24, 2.45) is 0 Å². The molecule has 2 heterocycles. The van der Waals surface area contributed by atoms with Gasteiger partial charge < -0.3 is 10.2 Å². The van der Waals surface area contributed by atoms with Crippen molar-refractivity contribution in [2.75, 3.05) is 11.9 Å². The monoisotopic (exact) mass is 446 g/mol. The Morgan fingerprint density at radius 1 is 1.13 bits per heavy atom. The molecule has 1 N–H and O–H groups in total. The first-order chi connectivity index (χ1) is 14.3. The Labute approximate surface area is 181 Å². The molecular weight excluding hydrogens is 430 g/mol. The highest BCUT2D eigenvalue weighted by atomic mass is 35.5. The minimum Gasteiger partial charge on any atom is -0.334 e. The van der Waals surface area contributed by atoms with Crippen LogP contribution >= 0.6 is 22.9 Å². The van der Waals surface area contributed by atoms with Gasteiger partial charge in [-0.05, 0) is 60.2 Å². The maximum absolute atomic E-state index is 13.5. The Balaban J connectivity index is 1.57. The number of benzene rings is 2. The number of hydrogen-bond acceptors (Lipinski definition) is 3. The van der Waals surface area contributed by atoms with E-state index in [4.69, 9.17) is 11.6 Å². The summed E-state index contributed by atoms with van der Waals surface area (Å²) in [5.74, 6) is -3.10. The Morgan fingerprint density at radius 3 is 2.70 bits per heavy atom. The van der Waals surface area contributed by atoms with Crippen LogP contribution in [0.25, 0.3) is 0 Å². The third-order valence-corrected chi connectivity index (χ3v) is 6.50. The fourth-order valence-corrected chi connectivity index (χ4v) is 4.61. The molecule has 0 radical (unpaired) electrons. The number of carbonyl (C=O) groups excluding carboxylic acids is 2. The zero-order valence-electron chi connectivity index (χ0n) is 16.0. The van der Waals surface area contributed by atoms with Crippen molar-refractivity contribution >= 4 is 40.4 Å².